The first-order valence-electron chi connectivity index (χ1n) is 6.60. The minimum atomic E-state index is -0.0797. The van der Waals surface area contributed by atoms with Crippen molar-refractivity contribution in [1.29, 1.82) is 0 Å². The summed E-state index contributed by atoms with van der Waals surface area (Å²) in [6.07, 6.45) is 0. The van der Waals surface area contributed by atoms with Crippen LogP contribution >= 0.6 is 15.9 Å². The molecule has 0 heterocycles. The van der Waals surface area contributed by atoms with E-state index in [1.54, 1.807) is 13.2 Å². The number of halogens is 1. The van der Waals surface area contributed by atoms with Gasteiger partial charge in [-0.25, -0.2) is 0 Å². The van der Waals surface area contributed by atoms with Crippen LogP contribution in [0.2, 0.25) is 0 Å². The number of ether oxygens (including phenoxy) is 2. The average Bonchev–Trinajstić information content (AvgIpc) is 2.49. The van der Waals surface area contributed by atoms with Crippen molar-refractivity contribution in [3.63, 3.8) is 0 Å². The molecule has 0 N–H and O–H groups in total. The molecule has 0 amide bonds. The quantitative estimate of drug-likeness (QED) is 0.735. The minimum absolute atomic E-state index is 0.0372. The van der Waals surface area contributed by atoms with Gasteiger partial charge in [0.25, 0.3) is 0 Å². The summed E-state index contributed by atoms with van der Waals surface area (Å²) in [6, 6.07) is 13.3. The minimum Gasteiger partial charge on any atom is -0.496 e. The lowest BCUT2D eigenvalue weighted by atomic mass is 10.1. The Morgan fingerprint density at radius 1 is 1.14 bits per heavy atom. The molecular formula is C17H17BrO3. The van der Waals surface area contributed by atoms with E-state index in [4.69, 9.17) is 9.47 Å². The number of hydrogen-bond acceptors (Lipinski definition) is 3. The molecule has 21 heavy (non-hydrogen) atoms. The molecule has 2 aromatic rings. The van der Waals surface area contributed by atoms with Gasteiger partial charge >= 0.3 is 0 Å². The first-order chi connectivity index (χ1) is 10.1. The Morgan fingerprint density at radius 3 is 2.52 bits per heavy atom. The maximum atomic E-state index is 12.2. The fraction of sp³-hybridized carbons (Fsp3) is 0.235. The van der Waals surface area contributed by atoms with E-state index in [9.17, 15) is 4.79 Å². The molecule has 0 fully saturated rings. The van der Waals surface area contributed by atoms with E-state index in [-0.39, 0.29) is 12.4 Å². The standard InChI is InChI=1S/C17H17BrO3/c1-12-3-8-15(17(9-12)20-2)16(19)11-21-10-13-4-6-14(18)7-5-13/h3-9H,10-11H2,1-2H3. The van der Waals surface area contributed by atoms with Gasteiger partial charge in [0.15, 0.2) is 5.78 Å². The van der Waals surface area contributed by atoms with Gasteiger partial charge in [0.1, 0.15) is 12.4 Å². The summed E-state index contributed by atoms with van der Waals surface area (Å²) in [5.74, 6) is 0.510. The fourth-order valence-electron chi connectivity index (χ4n) is 1.95. The van der Waals surface area contributed by atoms with Gasteiger partial charge in [0, 0.05) is 4.47 Å². The van der Waals surface area contributed by atoms with E-state index >= 15 is 0 Å². The van der Waals surface area contributed by atoms with Crippen LogP contribution in [0, 0.1) is 6.92 Å². The molecule has 0 radical (unpaired) electrons. The number of carbonyl (C=O) groups is 1. The molecule has 4 heteroatoms. The van der Waals surface area contributed by atoms with E-state index in [0.717, 1.165) is 15.6 Å². The molecule has 0 aliphatic heterocycles. The number of methoxy groups -OCH3 is 1. The SMILES string of the molecule is COc1cc(C)ccc1C(=O)COCc1ccc(Br)cc1. The monoisotopic (exact) mass is 348 g/mol. The molecule has 0 aromatic heterocycles. The van der Waals surface area contributed by atoms with Crippen molar-refractivity contribution in [2.24, 2.45) is 0 Å². The van der Waals surface area contributed by atoms with Gasteiger partial charge in [-0.05, 0) is 42.3 Å². The predicted octanol–water partition coefficient (Wildman–Crippen LogP) is 4.17. The lowest BCUT2D eigenvalue weighted by Gasteiger charge is -2.09. The first-order valence-corrected chi connectivity index (χ1v) is 7.39. The highest BCUT2D eigenvalue weighted by Gasteiger charge is 2.12. The molecule has 2 aromatic carbocycles. The van der Waals surface area contributed by atoms with Crippen LogP contribution in [0.5, 0.6) is 5.75 Å². The maximum absolute atomic E-state index is 12.2. The zero-order valence-corrected chi connectivity index (χ0v) is 13.6. The Balaban J connectivity index is 1.94. The highest BCUT2D eigenvalue weighted by molar-refractivity contribution is 9.10. The van der Waals surface area contributed by atoms with Crippen molar-refractivity contribution in [3.05, 3.63) is 63.6 Å². The van der Waals surface area contributed by atoms with Crippen molar-refractivity contribution < 1.29 is 14.3 Å². The van der Waals surface area contributed by atoms with Crippen LogP contribution in [0.1, 0.15) is 21.5 Å². The fourth-order valence-corrected chi connectivity index (χ4v) is 2.21. The van der Waals surface area contributed by atoms with Crippen molar-refractivity contribution in [1.82, 2.24) is 0 Å². The first kappa shape index (κ1) is 15.7. The van der Waals surface area contributed by atoms with Gasteiger partial charge < -0.3 is 9.47 Å². The Kier molecular flexibility index (Phi) is 5.53. The number of carbonyl (C=O) groups excluding carboxylic acids is 1. The van der Waals surface area contributed by atoms with Crippen LogP contribution in [-0.2, 0) is 11.3 Å². The second kappa shape index (κ2) is 7.38. The van der Waals surface area contributed by atoms with E-state index in [1.807, 2.05) is 43.3 Å². The van der Waals surface area contributed by atoms with Gasteiger partial charge in [-0.3, -0.25) is 4.79 Å². The predicted molar refractivity (Wildman–Crippen MR) is 85.9 cm³/mol. The molecule has 0 bridgehead atoms. The third-order valence-electron chi connectivity index (χ3n) is 3.07. The summed E-state index contributed by atoms with van der Waals surface area (Å²) in [7, 11) is 1.56. The Labute approximate surface area is 133 Å². The topological polar surface area (TPSA) is 35.5 Å². The molecular weight excluding hydrogens is 332 g/mol. The Morgan fingerprint density at radius 2 is 1.86 bits per heavy atom. The van der Waals surface area contributed by atoms with Crippen LogP contribution in [-0.4, -0.2) is 19.5 Å². The van der Waals surface area contributed by atoms with Crippen molar-refractivity contribution in [2.45, 2.75) is 13.5 Å². The van der Waals surface area contributed by atoms with Crippen LogP contribution < -0.4 is 4.74 Å². The Hall–Kier alpha value is -1.65. The van der Waals surface area contributed by atoms with Gasteiger partial charge in [-0.2, -0.15) is 0 Å². The number of ketones is 1. The lowest BCUT2D eigenvalue weighted by Crippen LogP contribution is -2.10. The molecule has 0 saturated heterocycles. The summed E-state index contributed by atoms with van der Waals surface area (Å²) < 4.78 is 11.7. The van der Waals surface area contributed by atoms with E-state index in [0.29, 0.717) is 17.9 Å². The van der Waals surface area contributed by atoms with Crippen molar-refractivity contribution in [3.8, 4) is 5.75 Å². The number of Topliss-reactive ketones (excluding diaryl/α,β-unsaturated/α-hetero) is 1. The summed E-state index contributed by atoms with van der Waals surface area (Å²) in [5, 5.41) is 0. The second-order valence-corrected chi connectivity index (χ2v) is 5.66. The largest absolute Gasteiger partial charge is 0.496 e. The third kappa shape index (κ3) is 4.41. The van der Waals surface area contributed by atoms with Crippen LogP contribution in [0.15, 0.2) is 46.9 Å². The van der Waals surface area contributed by atoms with Gasteiger partial charge in [-0.15, -0.1) is 0 Å². The van der Waals surface area contributed by atoms with Crippen molar-refractivity contribution >= 4 is 21.7 Å². The van der Waals surface area contributed by atoms with Crippen LogP contribution in [0.25, 0.3) is 0 Å². The van der Waals surface area contributed by atoms with E-state index < -0.39 is 0 Å². The molecule has 2 rings (SSSR count). The normalized spacial score (nSPS) is 10.4. The highest BCUT2D eigenvalue weighted by Crippen LogP contribution is 2.20. The smallest absolute Gasteiger partial charge is 0.192 e. The molecule has 0 atom stereocenters. The number of aryl methyl sites for hydroxylation is 1. The molecule has 3 nitrogen and oxygen atoms in total. The molecule has 0 unspecified atom stereocenters. The van der Waals surface area contributed by atoms with Gasteiger partial charge in [0.2, 0.25) is 0 Å². The summed E-state index contributed by atoms with van der Waals surface area (Å²) in [6.45, 7) is 2.41. The number of benzene rings is 2. The van der Waals surface area contributed by atoms with Crippen molar-refractivity contribution in [2.75, 3.05) is 13.7 Å². The second-order valence-electron chi connectivity index (χ2n) is 4.75. The zero-order valence-electron chi connectivity index (χ0n) is 12.1. The molecule has 0 spiro atoms. The molecule has 0 aliphatic rings. The lowest BCUT2D eigenvalue weighted by molar-refractivity contribution is 0.0724. The summed E-state index contributed by atoms with van der Waals surface area (Å²) in [4.78, 5) is 12.2. The number of rotatable bonds is 6. The zero-order chi connectivity index (χ0) is 15.2. The molecule has 0 saturated carbocycles. The van der Waals surface area contributed by atoms with Gasteiger partial charge in [0.05, 0.1) is 19.3 Å². The highest BCUT2D eigenvalue weighted by atomic mass is 79.9. The maximum Gasteiger partial charge on any atom is 0.192 e. The van der Waals surface area contributed by atoms with E-state index in [2.05, 4.69) is 15.9 Å². The average molecular weight is 349 g/mol. The van der Waals surface area contributed by atoms with Crippen LogP contribution in [0.3, 0.4) is 0 Å². The molecule has 110 valence electrons. The van der Waals surface area contributed by atoms with E-state index in [1.165, 1.54) is 0 Å². The summed E-state index contributed by atoms with van der Waals surface area (Å²) >= 11 is 3.38. The number of hydrogen-bond donors (Lipinski definition) is 0. The van der Waals surface area contributed by atoms with Gasteiger partial charge in [-0.1, -0.05) is 34.1 Å². The Bertz CT molecular complexity index is 620. The third-order valence-corrected chi connectivity index (χ3v) is 3.60. The van der Waals surface area contributed by atoms with Crippen LogP contribution in [0.4, 0.5) is 0 Å². The molecule has 0 aliphatic carbocycles. The summed E-state index contributed by atoms with van der Waals surface area (Å²) in [5.41, 5.74) is 2.64.